The van der Waals surface area contributed by atoms with Crippen molar-refractivity contribution >= 4 is 5.91 Å². The van der Waals surface area contributed by atoms with E-state index in [9.17, 15) is 14.3 Å². The Morgan fingerprint density at radius 1 is 1.26 bits per heavy atom. The quantitative estimate of drug-likeness (QED) is 0.737. The maximum atomic E-state index is 13.6. The van der Waals surface area contributed by atoms with Gasteiger partial charge in [0.2, 0.25) is 0 Å². The second kappa shape index (κ2) is 9.87. The molecule has 0 unspecified atom stereocenters. The molecule has 1 amide bonds. The van der Waals surface area contributed by atoms with E-state index in [-0.39, 0.29) is 36.5 Å². The van der Waals surface area contributed by atoms with Crippen molar-refractivity contribution in [2.24, 2.45) is 0 Å². The van der Waals surface area contributed by atoms with Crippen LogP contribution in [0.1, 0.15) is 29.2 Å². The largest absolute Gasteiger partial charge is 0.395 e. The van der Waals surface area contributed by atoms with Crippen LogP contribution >= 0.6 is 0 Å². The summed E-state index contributed by atoms with van der Waals surface area (Å²) in [6.45, 7) is 1.32. The number of amides is 1. The normalized spacial score (nSPS) is 25.8. The van der Waals surface area contributed by atoms with Crippen LogP contribution in [0.3, 0.4) is 0 Å². The highest BCUT2D eigenvalue weighted by atomic mass is 19.1. The summed E-state index contributed by atoms with van der Waals surface area (Å²) in [6, 6.07) is 14.1. The van der Waals surface area contributed by atoms with Crippen molar-refractivity contribution in [1.29, 1.82) is 0 Å². The molecule has 0 radical (unpaired) electrons. The van der Waals surface area contributed by atoms with Gasteiger partial charge in [-0.25, -0.2) is 4.39 Å². The summed E-state index contributed by atoms with van der Waals surface area (Å²) >= 11 is 0. The first-order valence-corrected chi connectivity index (χ1v) is 10.7. The zero-order valence-corrected chi connectivity index (χ0v) is 17.7. The molecule has 6 nitrogen and oxygen atoms in total. The Morgan fingerprint density at radius 3 is 2.77 bits per heavy atom. The van der Waals surface area contributed by atoms with Gasteiger partial charge in [0.05, 0.1) is 25.4 Å². The fourth-order valence-electron chi connectivity index (χ4n) is 4.64. The van der Waals surface area contributed by atoms with Gasteiger partial charge < -0.3 is 24.8 Å². The van der Waals surface area contributed by atoms with E-state index >= 15 is 0 Å². The number of aliphatic hydroxyl groups is 1. The van der Waals surface area contributed by atoms with Crippen LogP contribution in [0.2, 0.25) is 0 Å². The molecule has 7 heteroatoms. The molecular weight excluding hydrogens is 399 g/mol. The van der Waals surface area contributed by atoms with E-state index in [1.807, 2.05) is 23.1 Å². The minimum absolute atomic E-state index is 0.0158. The number of nitrogens with one attached hydrogen (secondary N) is 1. The summed E-state index contributed by atoms with van der Waals surface area (Å²) < 4.78 is 25.0. The van der Waals surface area contributed by atoms with Gasteiger partial charge in [-0.3, -0.25) is 4.79 Å². The van der Waals surface area contributed by atoms with Crippen molar-refractivity contribution in [2.75, 3.05) is 33.4 Å². The van der Waals surface area contributed by atoms with Crippen LogP contribution < -0.4 is 5.32 Å². The van der Waals surface area contributed by atoms with Crippen LogP contribution in [-0.2, 0) is 20.7 Å². The molecule has 0 bridgehead atoms. The summed E-state index contributed by atoms with van der Waals surface area (Å²) in [5.74, 6) is -0.376. The van der Waals surface area contributed by atoms with E-state index in [0.717, 1.165) is 17.5 Å². The number of ether oxygens (including phenoxy) is 2. The first-order chi connectivity index (χ1) is 15.1. The molecule has 2 aromatic rings. The van der Waals surface area contributed by atoms with Crippen molar-refractivity contribution in [3.63, 3.8) is 0 Å². The topological polar surface area (TPSA) is 71.0 Å². The molecule has 0 saturated carbocycles. The summed E-state index contributed by atoms with van der Waals surface area (Å²) in [5, 5.41) is 12.4. The SMILES string of the molecule is CO[C@H]1CO[C@@H](C(=O)N2CCc3ccccc3[C@@H]2c2ccc(F)cc2)C[C@@H]1NCCO. The Bertz CT molecular complexity index is 891. The van der Waals surface area contributed by atoms with E-state index in [1.54, 1.807) is 19.2 Å². The highest BCUT2D eigenvalue weighted by Crippen LogP contribution is 2.36. The number of rotatable bonds is 6. The van der Waals surface area contributed by atoms with Crippen molar-refractivity contribution in [3.05, 3.63) is 71.0 Å². The van der Waals surface area contributed by atoms with Crippen LogP contribution in [0.5, 0.6) is 0 Å². The summed E-state index contributed by atoms with van der Waals surface area (Å²) in [7, 11) is 1.62. The zero-order chi connectivity index (χ0) is 21.8. The lowest BCUT2D eigenvalue weighted by Crippen LogP contribution is -2.55. The molecule has 166 valence electrons. The van der Waals surface area contributed by atoms with E-state index < -0.39 is 6.10 Å². The van der Waals surface area contributed by atoms with Crippen molar-refractivity contribution < 1.29 is 23.8 Å². The predicted octanol–water partition coefficient (Wildman–Crippen LogP) is 2.05. The summed E-state index contributed by atoms with van der Waals surface area (Å²) in [5.41, 5.74) is 3.14. The maximum Gasteiger partial charge on any atom is 0.252 e. The average Bonchev–Trinajstić information content (AvgIpc) is 2.82. The zero-order valence-electron chi connectivity index (χ0n) is 17.7. The standard InChI is InChI=1S/C24H29FN2O4/c1-30-22-15-31-21(14-20(22)26-11-13-28)24(29)27-12-10-16-4-2-3-5-19(16)23(27)17-6-8-18(25)9-7-17/h2-9,20-23,26,28H,10-15H2,1H3/t20-,21+,22-,23-/m0/s1. The van der Waals surface area contributed by atoms with Crippen molar-refractivity contribution in [1.82, 2.24) is 10.2 Å². The Labute approximate surface area is 182 Å². The van der Waals surface area contributed by atoms with Gasteiger partial charge in [-0.05, 0) is 35.2 Å². The number of fused-ring (bicyclic) bond motifs is 1. The Morgan fingerprint density at radius 2 is 2.03 bits per heavy atom. The highest BCUT2D eigenvalue weighted by molar-refractivity contribution is 5.82. The van der Waals surface area contributed by atoms with Crippen LogP contribution in [0.25, 0.3) is 0 Å². The molecule has 31 heavy (non-hydrogen) atoms. The number of methoxy groups -OCH3 is 1. The van der Waals surface area contributed by atoms with Gasteiger partial charge in [-0.15, -0.1) is 0 Å². The first kappa shape index (κ1) is 21.9. The molecule has 0 aliphatic carbocycles. The molecule has 0 aromatic heterocycles. The highest BCUT2D eigenvalue weighted by Gasteiger charge is 2.40. The smallest absolute Gasteiger partial charge is 0.252 e. The number of hydrogen-bond acceptors (Lipinski definition) is 5. The number of aliphatic hydroxyl groups excluding tert-OH is 1. The number of hydrogen-bond donors (Lipinski definition) is 2. The van der Waals surface area contributed by atoms with Gasteiger partial charge in [0, 0.05) is 32.7 Å². The lowest BCUT2D eigenvalue weighted by Gasteiger charge is -2.42. The first-order valence-electron chi connectivity index (χ1n) is 10.7. The number of nitrogens with zero attached hydrogens (tertiary/aromatic N) is 1. The number of carbonyl (C=O) groups is 1. The molecule has 0 spiro atoms. The molecule has 4 atom stereocenters. The van der Waals surface area contributed by atoms with Crippen LogP contribution in [0.15, 0.2) is 48.5 Å². The van der Waals surface area contributed by atoms with E-state index in [2.05, 4.69) is 11.4 Å². The molecule has 2 aromatic carbocycles. The molecule has 2 N–H and O–H groups in total. The van der Waals surface area contributed by atoms with Crippen LogP contribution in [-0.4, -0.2) is 67.6 Å². The third-order valence-corrected chi connectivity index (χ3v) is 6.23. The van der Waals surface area contributed by atoms with Gasteiger partial charge in [0.25, 0.3) is 5.91 Å². The van der Waals surface area contributed by atoms with Gasteiger partial charge in [0.15, 0.2) is 0 Å². The summed E-state index contributed by atoms with van der Waals surface area (Å²) in [4.78, 5) is 15.5. The molecule has 2 heterocycles. The third-order valence-electron chi connectivity index (χ3n) is 6.23. The molecule has 1 saturated heterocycles. The predicted molar refractivity (Wildman–Crippen MR) is 114 cm³/mol. The molecule has 2 aliphatic rings. The van der Waals surface area contributed by atoms with Gasteiger partial charge in [-0.2, -0.15) is 0 Å². The fourth-order valence-corrected chi connectivity index (χ4v) is 4.64. The van der Waals surface area contributed by atoms with Gasteiger partial charge in [-0.1, -0.05) is 36.4 Å². The van der Waals surface area contributed by atoms with E-state index in [0.29, 0.717) is 26.1 Å². The Balaban J connectivity index is 1.61. The third kappa shape index (κ3) is 4.65. The van der Waals surface area contributed by atoms with Crippen molar-refractivity contribution in [2.45, 2.75) is 37.1 Å². The Hall–Kier alpha value is -2.32. The second-order valence-corrected chi connectivity index (χ2v) is 8.05. The number of carbonyl (C=O) groups excluding carboxylic acids is 1. The second-order valence-electron chi connectivity index (χ2n) is 8.05. The van der Waals surface area contributed by atoms with E-state index in [1.165, 1.54) is 17.7 Å². The average molecular weight is 429 g/mol. The monoisotopic (exact) mass is 428 g/mol. The van der Waals surface area contributed by atoms with Gasteiger partial charge >= 0.3 is 0 Å². The molecule has 4 rings (SSSR count). The molecule has 2 aliphatic heterocycles. The van der Waals surface area contributed by atoms with Crippen molar-refractivity contribution in [3.8, 4) is 0 Å². The number of halogens is 1. The van der Waals surface area contributed by atoms with Crippen LogP contribution in [0.4, 0.5) is 4.39 Å². The van der Waals surface area contributed by atoms with E-state index in [4.69, 9.17) is 9.47 Å². The minimum Gasteiger partial charge on any atom is -0.395 e. The summed E-state index contributed by atoms with van der Waals surface area (Å²) in [6.07, 6.45) is 0.451. The Kier molecular flexibility index (Phi) is 6.97. The molecular formula is C24H29FN2O4. The fraction of sp³-hybridized carbons (Fsp3) is 0.458. The van der Waals surface area contributed by atoms with Crippen LogP contribution in [0, 0.1) is 5.82 Å². The number of benzene rings is 2. The minimum atomic E-state index is -0.601. The maximum absolute atomic E-state index is 13.6. The van der Waals surface area contributed by atoms with Gasteiger partial charge in [0.1, 0.15) is 11.9 Å². The molecule has 1 fully saturated rings. The lowest BCUT2D eigenvalue weighted by atomic mass is 9.87. The lowest BCUT2D eigenvalue weighted by molar-refractivity contribution is -0.157.